The monoisotopic (exact) mass is 380 g/mol. The molecule has 0 spiro atoms. The van der Waals surface area contributed by atoms with Crippen molar-refractivity contribution in [1.82, 2.24) is 15.6 Å². The number of aromatic amines is 1. The molecule has 0 bridgehead atoms. The number of hydrogen-bond acceptors (Lipinski definition) is 6. The molecule has 28 heavy (non-hydrogen) atoms. The molecule has 0 saturated carbocycles. The Labute approximate surface area is 162 Å². The number of aromatic nitrogens is 2. The second-order valence-corrected chi connectivity index (χ2v) is 5.68. The summed E-state index contributed by atoms with van der Waals surface area (Å²) < 4.78 is 15.9. The number of amides is 1. The number of ether oxygens (including phenoxy) is 3. The normalized spacial score (nSPS) is 10.7. The number of hydrogen-bond donors (Lipinski definition) is 2. The molecule has 0 atom stereocenters. The van der Waals surface area contributed by atoms with Gasteiger partial charge in [0, 0.05) is 17.7 Å². The van der Waals surface area contributed by atoms with Crippen LogP contribution in [0.2, 0.25) is 0 Å². The first-order valence-electron chi connectivity index (χ1n) is 8.40. The highest BCUT2D eigenvalue weighted by Gasteiger charge is 2.13. The largest absolute Gasteiger partial charge is 0.496 e. The summed E-state index contributed by atoms with van der Waals surface area (Å²) in [4.78, 5) is 12.3. The molecule has 0 aliphatic heterocycles. The van der Waals surface area contributed by atoms with Crippen LogP contribution in [0.15, 0.2) is 53.6 Å². The summed E-state index contributed by atoms with van der Waals surface area (Å²) in [7, 11) is 4.61. The Bertz CT molecular complexity index is 958. The van der Waals surface area contributed by atoms with E-state index < -0.39 is 5.91 Å². The molecule has 1 amide bonds. The van der Waals surface area contributed by atoms with Gasteiger partial charge in [-0.2, -0.15) is 10.2 Å². The highest BCUT2D eigenvalue weighted by Crippen LogP contribution is 2.32. The molecule has 3 aromatic rings. The van der Waals surface area contributed by atoms with Crippen LogP contribution in [0.1, 0.15) is 16.1 Å². The standard InChI is InChI=1S/C20H20N4O4/c1-26-14-9-18(27-2)15(19(10-14)28-3)12-21-24-20(25)17-11-16(22-23-17)13-7-5-4-6-8-13/h4-12H,1-3H3,(H,22,23)(H,24,25). The zero-order valence-electron chi connectivity index (χ0n) is 15.7. The number of hydrazone groups is 1. The van der Waals surface area contributed by atoms with Gasteiger partial charge in [0.15, 0.2) is 0 Å². The lowest BCUT2D eigenvalue weighted by Gasteiger charge is -2.12. The number of rotatable bonds is 7. The molecule has 0 unspecified atom stereocenters. The van der Waals surface area contributed by atoms with E-state index in [-0.39, 0.29) is 0 Å². The van der Waals surface area contributed by atoms with Crippen LogP contribution in [0.3, 0.4) is 0 Å². The number of H-pyrrole nitrogens is 1. The Morgan fingerprint density at radius 2 is 1.71 bits per heavy atom. The summed E-state index contributed by atoms with van der Waals surface area (Å²) in [5.74, 6) is 1.17. The van der Waals surface area contributed by atoms with Crippen LogP contribution in [-0.2, 0) is 0 Å². The molecule has 2 N–H and O–H groups in total. The van der Waals surface area contributed by atoms with Crippen molar-refractivity contribution in [2.75, 3.05) is 21.3 Å². The molecule has 0 radical (unpaired) electrons. The minimum absolute atomic E-state index is 0.296. The fraction of sp³-hybridized carbons (Fsp3) is 0.150. The maximum absolute atomic E-state index is 12.3. The minimum atomic E-state index is -0.419. The van der Waals surface area contributed by atoms with E-state index in [0.717, 1.165) is 5.56 Å². The van der Waals surface area contributed by atoms with E-state index in [9.17, 15) is 4.79 Å². The Kier molecular flexibility index (Phi) is 5.91. The van der Waals surface area contributed by atoms with Crippen LogP contribution in [0, 0.1) is 0 Å². The number of nitrogens with zero attached hydrogens (tertiary/aromatic N) is 2. The smallest absolute Gasteiger partial charge is 0.289 e. The van der Waals surface area contributed by atoms with Crippen molar-refractivity contribution in [3.8, 4) is 28.5 Å². The van der Waals surface area contributed by atoms with Gasteiger partial charge in [-0.1, -0.05) is 30.3 Å². The van der Waals surface area contributed by atoms with Crippen LogP contribution < -0.4 is 19.6 Å². The maximum atomic E-state index is 12.3. The Morgan fingerprint density at radius 3 is 2.32 bits per heavy atom. The van der Waals surface area contributed by atoms with Gasteiger partial charge >= 0.3 is 0 Å². The van der Waals surface area contributed by atoms with E-state index in [1.54, 1.807) is 25.3 Å². The molecular formula is C20H20N4O4. The molecule has 1 heterocycles. The van der Waals surface area contributed by atoms with Gasteiger partial charge in [-0.25, -0.2) is 5.43 Å². The zero-order valence-corrected chi connectivity index (χ0v) is 15.7. The predicted octanol–water partition coefficient (Wildman–Crippen LogP) is 2.87. The van der Waals surface area contributed by atoms with Crippen molar-refractivity contribution in [3.63, 3.8) is 0 Å². The van der Waals surface area contributed by atoms with Crippen molar-refractivity contribution >= 4 is 12.1 Å². The van der Waals surface area contributed by atoms with Gasteiger partial charge in [0.2, 0.25) is 0 Å². The summed E-state index contributed by atoms with van der Waals surface area (Å²) in [5.41, 5.74) is 4.91. The van der Waals surface area contributed by atoms with Gasteiger partial charge < -0.3 is 14.2 Å². The van der Waals surface area contributed by atoms with Crippen molar-refractivity contribution in [2.24, 2.45) is 5.10 Å². The average Bonchev–Trinajstić information content (AvgIpc) is 3.24. The number of carbonyl (C=O) groups is 1. The van der Waals surface area contributed by atoms with Crippen molar-refractivity contribution in [1.29, 1.82) is 0 Å². The van der Waals surface area contributed by atoms with Crippen molar-refractivity contribution in [3.05, 3.63) is 59.8 Å². The number of methoxy groups -OCH3 is 3. The molecule has 0 fully saturated rings. The quantitative estimate of drug-likeness (QED) is 0.485. The Hall–Kier alpha value is -3.81. The molecule has 3 rings (SSSR count). The third kappa shape index (κ3) is 4.12. The minimum Gasteiger partial charge on any atom is -0.496 e. The highest BCUT2D eigenvalue weighted by molar-refractivity contribution is 5.95. The number of carbonyl (C=O) groups excluding carboxylic acids is 1. The second-order valence-electron chi connectivity index (χ2n) is 5.68. The van der Waals surface area contributed by atoms with Crippen molar-refractivity contribution < 1.29 is 19.0 Å². The lowest BCUT2D eigenvalue weighted by atomic mass is 10.1. The van der Waals surface area contributed by atoms with E-state index >= 15 is 0 Å². The fourth-order valence-corrected chi connectivity index (χ4v) is 2.57. The summed E-state index contributed by atoms with van der Waals surface area (Å²) in [6.45, 7) is 0. The van der Waals surface area contributed by atoms with E-state index in [2.05, 4.69) is 20.7 Å². The number of nitrogens with one attached hydrogen (secondary N) is 2. The molecule has 144 valence electrons. The van der Waals surface area contributed by atoms with E-state index in [1.165, 1.54) is 20.4 Å². The first-order valence-corrected chi connectivity index (χ1v) is 8.40. The van der Waals surface area contributed by atoms with Gasteiger partial charge in [-0.05, 0) is 6.07 Å². The number of benzene rings is 2. The topological polar surface area (TPSA) is 97.8 Å². The van der Waals surface area contributed by atoms with Crippen LogP contribution in [0.4, 0.5) is 0 Å². The van der Waals surface area contributed by atoms with Crippen LogP contribution in [0.5, 0.6) is 17.2 Å². The lowest BCUT2D eigenvalue weighted by Crippen LogP contribution is -2.18. The molecule has 8 nitrogen and oxygen atoms in total. The summed E-state index contributed by atoms with van der Waals surface area (Å²) in [6, 6.07) is 14.6. The molecule has 0 aliphatic rings. The van der Waals surface area contributed by atoms with E-state index in [4.69, 9.17) is 14.2 Å². The van der Waals surface area contributed by atoms with Gasteiger partial charge in [0.05, 0.1) is 38.8 Å². The van der Waals surface area contributed by atoms with Crippen LogP contribution in [-0.4, -0.2) is 43.6 Å². The van der Waals surface area contributed by atoms with E-state index in [1.807, 2.05) is 30.3 Å². The van der Waals surface area contributed by atoms with E-state index in [0.29, 0.717) is 34.2 Å². The fourth-order valence-electron chi connectivity index (χ4n) is 2.57. The van der Waals surface area contributed by atoms with Crippen LogP contribution >= 0.6 is 0 Å². The Morgan fingerprint density at radius 1 is 1.04 bits per heavy atom. The van der Waals surface area contributed by atoms with Gasteiger partial charge in [0.25, 0.3) is 5.91 Å². The van der Waals surface area contributed by atoms with Crippen molar-refractivity contribution in [2.45, 2.75) is 0 Å². The first kappa shape index (κ1) is 19.0. The Balaban J connectivity index is 1.75. The van der Waals surface area contributed by atoms with Gasteiger partial charge in [0.1, 0.15) is 22.9 Å². The highest BCUT2D eigenvalue weighted by atomic mass is 16.5. The summed E-state index contributed by atoms with van der Waals surface area (Å²) in [5, 5.41) is 10.9. The van der Waals surface area contributed by atoms with Gasteiger partial charge in [-0.3, -0.25) is 9.89 Å². The first-order chi connectivity index (χ1) is 13.7. The molecule has 8 heteroatoms. The molecule has 0 saturated heterocycles. The predicted molar refractivity (Wildman–Crippen MR) is 105 cm³/mol. The lowest BCUT2D eigenvalue weighted by molar-refractivity contribution is 0.0950. The molecule has 0 aliphatic carbocycles. The molecule has 1 aromatic heterocycles. The maximum Gasteiger partial charge on any atom is 0.289 e. The SMILES string of the molecule is COc1cc(OC)c(C=NNC(=O)c2cc(-c3ccccc3)n[nH]2)c(OC)c1. The second kappa shape index (κ2) is 8.72. The zero-order chi connectivity index (χ0) is 19.9. The molecule has 2 aromatic carbocycles. The molecular weight excluding hydrogens is 360 g/mol. The van der Waals surface area contributed by atoms with Gasteiger partial charge in [-0.15, -0.1) is 0 Å². The van der Waals surface area contributed by atoms with Crippen LogP contribution in [0.25, 0.3) is 11.3 Å². The summed E-state index contributed by atoms with van der Waals surface area (Å²) >= 11 is 0. The average molecular weight is 380 g/mol. The third-order valence-corrected chi connectivity index (χ3v) is 4.00. The summed E-state index contributed by atoms with van der Waals surface area (Å²) in [6.07, 6.45) is 1.45. The third-order valence-electron chi connectivity index (χ3n) is 4.00.